The monoisotopic (exact) mass is 531 g/mol. The summed E-state index contributed by atoms with van der Waals surface area (Å²) in [7, 11) is 0. The first-order chi connectivity index (χ1) is 21.4. The average Bonchev–Trinajstić information content (AvgIpc) is 3.38. The minimum atomic E-state index is -4.74. The molecule has 0 bridgehead atoms. The van der Waals surface area contributed by atoms with Gasteiger partial charge in [0.2, 0.25) is 11.4 Å². The Morgan fingerprint density at radius 3 is 2.58 bits per heavy atom. The standard InChI is InChI=1S/C29H29F3N4O2/c1-19-3-12-26-34-20(2)27(36(26)18-19)28(37)33-17-21-4-8-24(9-5-21)35-15-13-23(14-16-35)22-6-10-25(11-7-22)38-29(30,31)32/h3-11,18,23H,12-17H2,1-2H3/p+1/i1D3,2D3,3D,12D. The first kappa shape index (κ1) is 17.6. The number of hydrogen-bond donors (Lipinski definition) is 1. The molecular formula is C29H30F3N4O2+. The summed E-state index contributed by atoms with van der Waals surface area (Å²) < 4.78 is 105. The van der Waals surface area contributed by atoms with Crippen molar-refractivity contribution in [3.05, 3.63) is 82.7 Å². The van der Waals surface area contributed by atoms with Crippen LogP contribution in [0.5, 0.6) is 5.75 Å². The van der Waals surface area contributed by atoms with Gasteiger partial charge in [-0.15, -0.1) is 13.2 Å². The average molecular weight is 532 g/mol. The number of nitrogens with zero attached hydrogens (tertiary/aromatic N) is 3. The molecule has 5 rings (SSSR count). The Morgan fingerprint density at radius 1 is 1.18 bits per heavy atom. The van der Waals surface area contributed by atoms with E-state index in [1.54, 1.807) is 12.1 Å². The summed E-state index contributed by atoms with van der Waals surface area (Å²) in [5.41, 5.74) is 1.13. The molecule has 38 heavy (non-hydrogen) atoms. The van der Waals surface area contributed by atoms with Crippen LogP contribution in [0.25, 0.3) is 0 Å². The fourth-order valence-corrected chi connectivity index (χ4v) is 4.71. The first-order valence-electron chi connectivity index (χ1n) is 16.1. The van der Waals surface area contributed by atoms with Gasteiger partial charge in [0, 0.05) is 41.8 Å². The second kappa shape index (κ2) is 10.5. The maximum absolute atomic E-state index is 13.3. The number of alkyl halides is 3. The molecule has 3 heterocycles. The molecule has 1 atom stereocenters. The molecule has 0 aliphatic carbocycles. The number of carbonyl (C=O) groups excluding carboxylic acids is 1. The lowest BCUT2D eigenvalue weighted by Gasteiger charge is -2.34. The van der Waals surface area contributed by atoms with Gasteiger partial charge in [0.15, 0.2) is 0 Å². The van der Waals surface area contributed by atoms with E-state index in [4.69, 9.17) is 11.0 Å². The number of aliphatic imine (C=N–C) groups is 1. The Morgan fingerprint density at radius 2 is 1.92 bits per heavy atom. The van der Waals surface area contributed by atoms with Gasteiger partial charge in [-0.1, -0.05) is 30.3 Å². The van der Waals surface area contributed by atoms with Crippen LogP contribution in [0.4, 0.5) is 18.9 Å². The number of ether oxygens (including phenoxy) is 1. The summed E-state index contributed by atoms with van der Waals surface area (Å²) in [4.78, 5) is 19.5. The molecule has 3 aliphatic heterocycles. The molecule has 1 fully saturated rings. The number of carbonyl (C=O) groups is 1. The van der Waals surface area contributed by atoms with Gasteiger partial charge in [-0.25, -0.2) is 0 Å². The van der Waals surface area contributed by atoms with Crippen LogP contribution < -0.4 is 15.0 Å². The fraction of sp³-hybridized carbons (Fsp3) is 0.345. The van der Waals surface area contributed by atoms with Gasteiger partial charge in [-0.2, -0.15) is 4.58 Å². The van der Waals surface area contributed by atoms with Crippen molar-refractivity contribution in [2.24, 2.45) is 4.99 Å². The second-order valence-corrected chi connectivity index (χ2v) is 9.10. The van der Waals surface area contributed by atoms with Crippen LogP contribution in [-0.4, -0.2) is 42.0 Å². The Hall–Kier alpha value is -3.88. The number of benzene rings is 2. The van der Waals surface area contributed by atoms with Gasteiger partial charge in [-0.05, 0) is 71.6 Å². The molecule has 0 spiro atoms. The van der Waals surface area contributed by atoms with Gasteiger partial charge in [0.05, 0.1) is 14.0 Å². The fourth-order valence-electron chi connectivity index (χ4n) is 4.71. The third-order valence-corrected chi connectivity index (χ3v) is 6.60. The number of amides is 1. The van der Waals surface area contributed by atoms with Crippen LogP contribution in [0.1, 0.15) is 61.0 Å². The minimum absolute atomic E-state index is 0.0200. The van der Waals surface area contributed by atoms with E-state index in [2.05, 4.69) is 19.9 Å². The largest absolute Gasteiger partial charge is 0.573 e. The van der Waals surface area contributed by atoms with Crippen molar-refractivity contribution in [1.29, 1.82) is 0 Å². The van der Waals surface area contributed by atoms with Crippen LogP contribution in [0.2, 0.25) is 0 Å². The molecule has 1 unspecified atom stereocenters. The molecule has 1 amide bonds. The molecule has 1 saturated heterocycles. The molecule has 2 aromatic rings. The van der Waals surface area contributed by atoms with Crippen molar-refractivity contribution in [1.82, 2.24) is 5.32 Å². The Kier molecular flexibility index (Phi) is 4.85. The number of anilines is 1. The molecule has 9 heteroatoms. The molecule has 3 aliphatic rings. The smallest absolute Gasteiger partial charge is 0.406 e. The number of allylic oxidation sites excluding steroid dienone is 2. The van der Waals surface area contributed by atoms with Crippen molar-refractivity contribution < 1.29 is 38.2 Å². The van der Waals surface area contributed by atoms with Crippen LogP contribution in [0, 0.1) is 0 Å². The van der Waals surface area contributed by atoms with Gasteiger partial charge in [0.25, 0.3) is 5.91 Å². The molecule has 0 aromatic heterocycles. The summed E-state index contributed by atoms with van der Waals surface area (Å²) in [5, 5.41) is 2.66. The van der Waals surface area contributed by atoms with Crippen LogP contribution >= 0.6 is 0 Å². The van der Waals surface area contributed by atoms with Crippen molar-refractivity contribution in [2.75, 3.05) is 18.0 Å². The van der Waals surface area contributed by atoms with E-state index < -0.39 is 55.4 Å². The Labute approximate surface area is 231 Å². The first-order valence-corrected chi connectivity index (χ1v) is 12.0. The van der Waals surface area contributed by atoms with Crippen LogP contribution in [0.15, 0.2) is 76.5 Å². The van der Waals surface area contributed by atoms with E-state index in [9.17, 15) is 18.0 Å². The van der Waals surface area contributed by atoms with Gasteiger partial charge in [0.1, 0.15) is 5.75 Å². The summed E-state index contributed by atoms with van der Waals surface area (Å²) in [5.74, 6) is -1.11. The second-order valence-electron chi connectivity index (χ2n) is 9.10. The number of rotatable bonds is 6. The molecule has 198 valence electrons. The highest BCUT2D eigenvalue weighted by atomic mass is 19.4. The zero-order valence-electron chi connectivity index (χ0n) is 28.2. The lowest BCUT2D eigenvalue weighted by molar-refractivity contribution is -0.337. The highest BCUT2D eigenvalue weighted by Gasteiger charge is 2.36. The highest BCUT2D eigenvalue weighted by Crippen LogP contribution is 2.32. The molecule has 6 nitrogen and oxygen atoms in total. The molecule has 0 saturated carbocycles. The number of halogens is 3. The summed E-state index contributed by atoms with van der Waals surface area (Å²) in [6.45, 7) is -4.12. The summed E-state index contributed by atoms with van der Waals surface area (Å²) >= 11 is 0. The summed E-state index contributed by atoms with van der Waals surface area (Å²) in [6, 6.07) is 12.8. The lowest BCUT2D eigenvalue weighted by atomic mass is 9.89. The van der Waals surface area contributed by atoms with Gasteiger partial charge >= 0.3 is 12.2 Å². The number of amidine groups is 1. The maximum atomic E-state index is 13.3. The predicted octanol–water partition coefficient (Wildman–Crippen LogP) is 5.66. The van der Waals surface area contributed by atoms with E-state index >= 15 is 0 Å². The minimum Gasteiger partial charge on any atom is -0.406 e. The molecular weight excluding hydrogens is 493 g/mol. The molecule has 0 radical (unpaired) electrons. The Bertz CT molecular complexity index is 1620. The topological polar surface area (TPSA) is 56.9 Å². The number of fused-ring (bicyclic) bond motifs is 1. The number of nitrogens with one attached hydrogen (secondary N) is 1. The maximum Gasteiger partial charge on any atom is 0.573 e. The van der Waals surface area contributed by atoms with Crippen molar-refractivity contribution >= 4 is 23.6 Å². The highest BCUT2D eigenvalue weighted by molar-refractivity contribution is 6.00. The molecule has 1 N–H and O–H groups in total. The van der Waals surface area contributed by atoms with Crippen LogP contribution in [-0.2, 0) is 11.3 Å². The predicted molar refractivity (Wildman–Crippen MR) is 140 cm³/mol. The zero-order valence-corrected chi connectivity index (χ0v) is 20.2. The Balaban J connectivity index is 1.22. The quantitative estimate of drug-likeness (QED) is 0.490. The number of hydrogen-bond acceptors (Lipinski definition) is 4. The normalized spacial score (nSPS) is 24.0. The van der Waals surface area contributed by atoms with Crippen molar-refractivity contribution in [3.8, 4) is 5.75 Å². The third kappa shape index (κ3) is 5.82. The lowest BCUT2D eigenvalue weighted by Crippen LogP contribution is -2.33. The van der Waals surface area contributed by atoms with E-state index in [0.717, 1.165) is 48.0 Å². The van der Waals surface area contributed by atoms with E-state index in [1.165, 1.54) is 12.1 Å². The summed E-state index contributed by atoms with van der Waals surface area (Å²) in [6.07, 6.45) is -3.73. The van der Waals surface area contributed by atoms with Gasteiger partial charge < -0.3 is 15.0 Å². The SMILES string of the molecule is [2H]C1=C(C([2H])([2H])[2H])C=[N+]2C(=NC(C([2H])([2H])[2H])=C2C(=O)NCc2ccc(N3CCC(c4ccc(OC(F)(F)F)cc4)CC3)cc2)C1[2H]. The van der Waals surface area contributed by atoms with E-state index in [0.29, 0.717) is 5.56 Å². The van der Waals surface area contributed by atoms with Crippen molar-refractivity contribution in [3.63, 3.8) is 0 Å². The number of piperidine rings is 1. The van der Waals surface area contributed by atoms with E-state index in [-0.39, 0.29) is 24.0 Å². The van der Waals surface area contributed by atoms with Crippen LogP contribution in [0.3, 0.4) is 0 Å². The third-order valence-electron chi connectivity index (χ3n) is 6.60. The van der Waals surface area contributed by atoms with Crippen molar-refractivity contribution in [2.45, 2.75) is 51.8 Å². The van der Waals surface area contributed by atoms with E-state index in [1.807, 2.05) is 24.3 Å². The zero-order chi connectivity index (χ0) is 33.6. The molecule has 2 aromatic carbocycles. The van der Waals surface area contributed by atoms with Gasteiger partial charge in [-0.3, -0.25) is 4.79 Å².